The van der Waals surface area contributed by atoms with Crippen LogP contribution in [0.5, 0.6) is 11.5 Å². The number of aliphatic hydroxyl groups excluding tert-OH is 1. The molecule has 0 saturated carbocycles. The molecule has 0 aromatic heterocycles. The van der Waals surface area contributed by atoms with Crippen LogP contribution < -0.4 is 9.47 Å². The molecule has 0 unspecified atom stereocenters. The lowest BCUT2D eigenvalue weighted by Crippen LogP contribution is -2.03. The van der Waals surface area contributed by atoms with Crippen molar-refractivity contribution in [3.8, 4) is 11.5 Å². The summed E-state index contributed by atoms with van der Waals surface area (Å²) in [5, 5.41) is 9.29. The maximum absolute atomic E-state index is 9.29. The van der Waals surface area contributed by atoms with Crippen LogP contribution in [-0.2, 0) is 6.42 Å². The molecule has 1 rings (SSSR count). The molecule has 0 aliphatic carbocycles. The van der Waals surface area contributed by atoms with Crippen LogP contribution >= 0.6 is 15.9 Å². The fourth-order valence-electron chi connectivity index (χ4n) is 1.48. The lowest BCUT2D eigenvalue weighted by atomic mass is 10.1. The van der Waals surface area contributed by atoms with Gasteiger partial charge in [-0.25, -0.2) is 0 Å². The number of aliphatic hydroxyl groups is 1. The summed E-state index contributed by atoms with van der Waals surface area (Å²) in [4.78, 5) is 0. The van der Waals surface area contributed by atoms with Crippen molar-refractivity contribution in [1.82, 2.24) is 0 Å². The quantitative estimate of drug-likeness (QED) is 0.906. The maximum atomic E-state index is 9.29. The van der Waals surface area contributed by atoms with E-state index in [0.717, 1.165) is 28.0 Å². The number of methoxy groups -OCH3 is 2. The molecular weight excluding hydrogens is 272 g/mol. The minimum atomic E-state index is -0.307. The van der Waals surface area contributed by atoms with Gasteiger partial charge in [-0.1, -0.05) is 15.9 Å². The zero-order valence-corrected chi connectivity index (χ0v) is 11.4. The van der Waals surface area contributed by atoms with E-state index in [1.807, 2.05) is 12.1 Å². The smallest absolute Gasteiger partial charge is 0.126 e. The fourth-order valence-corrected chi connectivity index (χ4v) is 2.10. The van der Waals surface area contributed by atoms with Crippen LogP contribution in [0.2, 0.25) is 0 Å². The predicted octanol–water partition coefficient (Wildman–Crippen LogP) is 2.78. The van der Waals surface area contributed by atoms with Gasteiger partial charge in [-0.15, -0.1) is 0 Å². The molecule has 3 nitrogen and oxygen atoms in total. The predicted molar refractivity (Wildman–Crippen MR) is 67.2 cm³/mol. The zero-order valence-electron chi connectivity index (χ0n) is 9.79. The van der Waals surface area contributed by atoms with Gasteiger partial charge >= 0.3 is 0 Å². The third-order valence-electron chi connectivity index (χ3n) is 2.40. The molecule has 16 heavy (non-hydrogen) atoms. The number of benzene rings is 1. The van der Waals surface area contributed by atoms with E-state index in [0.29, 0.717) is 6.42 Å². The van der Waals surface area contributed by atoms with E-state index in [1.54, 1.807) is 21.1 Å². The highest BCUT2D eigenvalue weighted by Gasteiger charge is 2.11. The number of halogens is 1. The second kappa shape index (κ2) is 6.11. The Kier molecular flexibility index (Phi) is 5.09. The molecule has 1 atom stereocenters. The number of rotatable bonds is 5. The number of ether oxygens (including phenoxy) is 2. The summed E-state index contributed by atoms with van der Waals surface area (Å²) in [6, 6.07) is 3.75. The first-order valence-electron chi connectivity index (χ1n) is 5.17. The Morgan fingerprint density at radius 2 is 2.00 bits per heavy atom. The van der Waals surface area contributed by atoms with E-state index in [-0.39, 0.29) is 6.10 Å². The maximum Gasteiger partial charge on any atom is 0.126 e. The van der Waals surface area contributed by atoms with E-state index < -0.39 is 0 Å². The monoisotopic (exact) mass is 288 g/mol. The molecule has 0 heterocycles. The van der Waals surface area contributed by atoms with Crippen molar-refractivity contribution in [2.75, 3.05) is 14.2 Å². The van der Waals surface area contributed by atoms with E-state index in [1.165, 1.54) is 0 Å². The van der Waals surface area contributed by atoms with Crippen LogP contribution in [0, 0.1) is 0 Å². The van der Waals surface area contributed by atoms with Crippen LogP contribution in [0.3, 0.4) is 0 Å². The summed E-state index contributed by atoms with van der Waals surface area (Å²) >= 11 is 3.49. The van der Waals surface area contributed by atoms with Crippen molar-refractivity contribution in [3.05, 3.63) is 22.2 Å². The van der Waals surface area contributed by atoms with Gasteiger partial charge in [-0.2, -0.15) is 0 Å². The summed E-state index contributed by atoms with van der Waals surface area (Å²) in [5.74, 6) is 1.54. The Morgan fingerprint density at radius 1 is 1.31 bits per heavy atom. The van der Waals surface area contributed by atoms with E-state index in [9.17, 15) is 5.11 Å². The van der Waals surface area contributed by atoms with Crippen LogP contribution in [0.15, 0.2) is 16.6 Å². The molecule has 0 bridgehead atoms. The van der Waals surface area contributed by atoms with Crippen molar-refractivity contribution in [2.24, 2.45) is 0 Å². The van der Waals surface area contributed by atoms with Gasteiger partial charge in [0.05, 0.1) is 20.3 Å². The highest BCUT2D eigenvalue weighted by atomic mass is 79.9. The van der Waals surface area contributed by atoms with Gasteiger partial charge in [0.1, 0.15) is 11.5 Å². The lowest BCUT2D eigenvalue weighted by Gasteiger charge is -2.13. The Morgan fingerprint density at radius 3 is 2.50 bits per heavy atom. The summed E-state index contributed by atoms with van der Waals surface area (Å²) in [5.41, 5.74) is 1.06. The van der Waals surface area contributed by atoms with Crippen molar-refractivity contribution in [1.29, 1.82) is 0 Å². The third-order valence-corrected chi connectivity index (χ3v) is 3.10. The van der Waals surface area contributed by atoms with Crippen molar-refractivity contribution in [2.45, 2.75) is 25.9 Å². The Hall–Kier alpha value is -0.740. The highest BCUT2D eigenvalue weighted by Crippen LogP contribution is 2.33. The van der Waals surface area contributed by atoms with Crippen molar-refractivity contribution < 1.29 is 14.6 Å². The molecule has 0 saturated heterocycles. The average Bonchev–Trinajstić information content (AvgIpc) is 2.26. The topological polar surface area (TPSA) is 38.7 Å². The van der Waals surface area contributed by atoms with Crippen LogP contribution in [-0.4, -0.2) is 25.4 Å². The van der Waals surface area contributed by atoms with Gasteiger partial charge in [0.25, 0.3) is 0 Å². The number of hydrogen-bond donors (Lipinski definition) is 1. The first-order chi connectivity index (χ1) is 7.58. The molecular formula is C12H17BrO3. The van der Waals surface area contributed by atoms with Gasteiger partial charge in [0.15, 0.2) is 0 Å². The Labute approximate surface area is 105 Å². The first kappa shape index (κ1) is 13.3. The molecule has 0 spiro atoms. The van der Waals surface area contributed by atoms with Gasteiger partial charge in [-0.05, 0) is 25.8 Å². The summed E-state index contributed by atoms with van der Waals surface area (Å²) in [6.45, 7) is 1.78. The van der Waals surface area contributed by atoms with Crippen molar-refractivity contribution >= 4 is 15.9 Å². The average molecular weight is 289 g/mol. The largest absolute Gasteiger partial charge is 0.497 e. The van der Waals surface area contributed by atoms with Gasteiger partial charge in [-0.3, -0.25) is 0 Å². The lowest BCUT2D eigenvalue weighted by molar-refractivity contribution is 0.184. The minimum absolute atomic E-state index is 0.307. The van der Waals surface area contributed by atoms with Crippen LogP contribution in [0.25, 0.3) is 0 Å². The first-order valence-corrected chi connectivity index (χ1v) is 5.96. The van der Waals surface area contributed by atoms with Crippen LogP contribution in [0.4, 0.5) is 0 Å². The second-order valence-corrected chi connectivity index (χ2v) is 4.53. The third kappa shape index (κ3) is 3.39. The molecule has 1 aromatic carbocycles. The molecule has 0 amide bonds. The van der Waals surface area contributed by atoms with E-state index in [4.69, 9.17) is 9.47 Å². The normalized spacial score (nSPS) is 12.3. The number of hydrogen-bond acceptors (Lipinski definition) is 3. The summed E-state index contributed by atoms with van der Waals surface area (Å²) in [7, 11) is 3.25. The molecule has 1 aromatic rings. The minimum Gasteiger partial charge on any atom is -0.497 e. The molecule has 1 N–H and O–H groups in total. The Bertz CT molecular complexity index is 350. The molecule has 0 aliphatic heterocycles. The molecule has 0 aliphatic rings. The molecule has 90 valence electrons. The van der Waals surface area contributed by atoms with Gasteiger partial charge in [0.2, 0.25) is 0 Å². The highest BCUT2D eigenvalue weighted by molar-refractivity contribution is 9.10. The standard InChI is InChI=1S/C12H17BrO3/c1-8(14)4-5-10-11(13)6-9(15-2)7-12(10)16-3/h6-8,14H,4-5H2,1-3H3/t8-/m1/s1. The summed E-state index contributed by atoms with van der Waals surface area (Å²) in [6.07, 6.45) is 1.17. The van der Waals surface area contributed by atoms with Gasteiger partial charge in [0, 0.05) is 16.1 Å². The zero-order chi connectivity index (χ0) is 12.1. The van der Waals surface area contributed by atoms with Crippen LogP contribution in [0.1, 0.15) is 18.9 Å². The van der Waals surface area contributed by atoms with E-state index >= 15 is 0 Å². The Balaban J connectivity index is 2.97. The fraction of sp³-hybridized carbons (Fsp3) is 0.500. The second-order valence-electron chi connectivity index (χ2n) is 3.68. The molecule has 0 fully saturated rings. The molecule has 0 radical (unpaired) electrons. The van der Waals surface area contributed by atoms with E-state index in [2.05, 4.69) is 15.9 Å². The summed E-state index contributed by atoms with van der Waals surface area (Å²) < 4.78 is 11.4. The van der Waals surface area contributed by atoms with Gasteiger partial charge < -0.3 is 14.6 Å². The molecule has 4 heteroatoms. The van der Waals surface area contributed by atoms with Crippen molar-refractivity contribution in [3.63, 3.8) is 0 Å². The SMILES string of the molecule is COc1cc(Br)c(CC[C@@H](C)O)c(OC)c1.